The largest absolute Gasteiger partial charge is 0.399 e. The van der Waals surface area contributed by atoms with Crippen molar-refractivity contribution in [3.8, 4) is 0 Å². The molecule has 108 valence electrons. The Morgan fingerprint density at radius 3 is 2.63 bits per heavy atom. The molecule has 0 aliphatic carbocycles. The maximum Gasteiger partial charge on any atom is 0.241 e. The number of nitrogens with one attached hydrogen (secondary N) is 1. The summed E-state index contributed by atoms with van der Waals surface area (Å²) in [6.45, 7) is 3.84. The Labute approximate surface area is 114 Å². The fraction of sp³-hybridized carbons (Fsp3) is 0.538. The van der Waals surface area contributed by atoms with Crippen LogP contribution < -0.4 is 10.5 Å². The Kier molecular flexibility index (Phi) is 5.78. The molecule has 0 heterocycles. The minimum absolute atomic E-state index is 0.0220. The predicted octanol–water partition coefficient (Wildman–Crippen LogP) is 1.27. The molecular weight excluding hydrogens is 264 g/mol. The van der Waals surface area contributed by atoms with Crippen molar-refractivity contribution in [1.29, 1.82) is 0 Å². The Bertz CT molecular complexity index is 515. The molecule has 5 nitrogen and oxygen atoms in total. The van der Waals surface area contributed by atoms with E-state index in [1.807, 2.05) is 13.8 Å². The van der Waals surface area contributed by atoms with Gasteiger partial charge in [-0.2, -0.15) is 0 Å². The number of hydrogen-bond acceptors (Lipinski definition) is 4. The van der Waals surface area contributed by atoms with Gasteiger partial charge in [-0.25, -0.2) is 13.1 Å². The number of rotatable bonds is 7. The van der Waals surface area contributed by atoms with E-state index in [4.69, 9.17) is 5.73 Å². The number of anilines is 1. The highest BCUT2D eigenvalue weighted by Crippen LogP contribution is 2.19. The van der Waals surface area contributed by atoms with Crippen molar-refractivity contribution in [3.63, 3.8) is 0 Å². The van der Waals surface area contributed by atoms with Gasteiger partial charge in [0.25, 0.3) is 0 Å². The van der Waals surface area contributed by atoms with E-state index < -0.39 is 16.1 Å². The van der Waals surface area contributed by atoms with Gasteiger partial charge >= 0.3 is 0 Å². The first kappa shape index (κ1) is 15.9. The normalized spacial score (nSPS) is 13.4. The third-order valence-corrected chi connectivity index (χ3v) is 4.40. The van der Waals surface area contributed by atoms with Gasteiger partial charge in [-0.3, -0.25) is 0 Å². The maximum atomic E-state index is 12.2. The third-order valence-electron chi connectivity index (χ3n) is 2.89. The predicted molar refractivity (Wildman–Crippen MR) is 76.3 cm³/mol. The van der Waals surface area contributed by atoms with Gasteiger partial charge in [0.15, 0.2) is 0 Å². The van der Waals surface area contributed by atoms with Crippen molar-refractivity contribution in [2.24, 2.45) is 0 Å². The van der Waals surface area contributed by atoms with Crippen LogP contribution in [-0.4, -0.2) is 26.2 Å². The van der Waals surface area contributed by atoms with Crippen LogP contribution in [-0.2, 0) is 16.4 Å². The van der Waals surface area contributed by atoms with Crippen LogP contribution in [0.1, 0.15) is 32.3 Å². The first-order valence-corrected chi connectivity index (χ1v) is 7.95. The second-order valence-corrected chi connectivity index (χ2v) is 6.25. The highest BCUT2D eigenvalue weighted by atomic mass is 32.2. The van der Waals surface area contributed by atoms with Gasteiger partial charge in [-0.1, -0.05) is 26.3 Å². The smallest absolute Gasteiger partial charge is 0.241 e. The highest BCUT2D eigenvalue weighted by Gasteiger charge is 2.19. The van der Waals surface area contributed by atoms with Gasteiger partial charge in [-0.05, 0) is 30.5 Å². The molecule has 1 atom stereocenters. The summed E-state index contributed by atoms with van der Waals surface area (Å²) in [5.41, 5.74) is 6.76. The van der Waals surface area contributed by atoms with Crippen LogP contribution in [0, 0.1) is 0 Å². The number of hydrogen-bond donors (Lipinski definition) is 3. The molecule has 0 saturated heterocycles. The summed E-state index contributed by atoms with van der Waals surface area (Å²) >= 11 is 0. The lowest BCUT2D eigenvalue weighted by Crippen LogP contribution is -2.32. The lowest BCUT2D eigenvalue weighted by atomic mass is 10.1. The second kappa shape index (κ2) is 6.88. The summed E-state index contributed by atoms with van der Waals surface area (Å²) in [7, 11) is -3.63. The molecule has 1 aromatic rings. The van der Waals surface area contributed by atoms with Gasteiger partial charge in [-0.15, -0.1) is 0 Å². The first-order chi connectivity index (χ1) is 8.90. The number of nitrogens with two attached hydrogens (primary N) is 1. The van der Waals surface area contributed by atoms with Gasteiger partial charge in [0.1, 0.15) is 0 Å². The number of benzene rings is 1. The molecule has 4 N–H and O–H groups in total. The van der Waals surface area contributed by atoms with E-state index >= 15 is 0 Å². The van der Waals surface area contributed by atoms with Crippen molar-refractivity contribution in [3.05, 3.63) is 23.8 Å². The standard InChI is InChI=1S/C13H22N2O3S/c1-3-5-12(16)9-15-19(17,18)13-8-11(14)7-6-10(13)4-2/h6-8,12,15-16H,3-5,9,14H2,1-2H3. The molecule has 19 heavy (non-hydrogen) atoms. The molecule has 0 bridgehead atoms. The Morgan fingerprint density at radius 2 is 2.05 bits per heavy atom. The molecule has 0 radical (unpaired) electrons. The van der Waals surface area contributed by atoms with Crippen molar-refractivity contribution < 1.29 is 13.5 Å². The van der Waals surface area contributed by atoms with E-state index in [1.54, 1.807) is 12.1 Å². The zero-order chi connectivity index (χ0) is 14.5. The number of nitrogen functional groups attached to an aromatic ring is 1. The summed E-state index contributed by atoms with van der Waals surface area (Å²) in [5.74, 6) is 0. The van der Waals surface area contributed by atoms with E-state index in [2.05, 4.69) is 4.72 Å². The van der Waals surface area contributed by atoms with E-state index in [0.29, 0.717) is 24.1 Å². The van der Waals surface area contributed by atoms with Crippen LogP contribution >= 0.6 is 0 Å². The van der Waals surface area contributed by atoms with Crippen LogP contribution in [0.15, 0.2) is 23.1 Å². The third kappa shape index (κ3) is 4.49. The molecular formula is C13H22N2O3S. The zero-order valence-electron chi connectivity index (χ0n) is 11.4. The topological polar surface area (TPSA) is 92.4 Å². The molecule has 0 aliphatic rings. The van der Waals surface area contributed by atoms with Crippen molar-refractivity contribution in [2.45, 2.75) is 44.1 Å². The molecule has 0 aliphatic heterocycles. The van der Waals surface area contributed by atoms with E-state index in [0.717, 1.165) is 6.42 Å². The van der Waals surface area contributed by atoms with Gasteiger partial charge < -0.3 is 10.8 Å². The molecule has 1 unspecified atom stereocenters. The van der Waals surface area contributed by atoms with Crippen molar-refractivity contribution in [2.75, 3.05) is 12.3 Å². The van der Waals surface area contributed by atoms with E-state index in [1.165, 1.54) is 6.07 Å². The molecule has 0 spiro atoms. The van der Waals surface area contributed by atoms with Crippen molar-refractivity contribution in [1.82, 2.24) is 4.72 Å². The molecule has 0 fully saturated rings. The molecule has 0 saturated carbocycles. The van der Waals surface area contributed by atoms with Gasteiger partial charge in [0.2, 0.25) is 10.0 Å². The Balaban J connectivity index is 2.91. The number of aliphatic hydroxyl groups excluding tert-OH is 1. The number of sulfonamides is 1. The van der Waals surface area contributed by atoms with Gasteiger partial charge in [0.05, 0.1) is 11.0 Å². The monoisotopic (exact) mass is 286 g/mol. The number of aryl methyl sites for hydroxylation is 1. The average Bonchev–Trinajstić information content (AvgIpc) is 2.37. The summed E-state index contributed by atoms with van der Waals surface area (Å²) in [6.07, 6.45) is 1.32. The van der Waals surface area contributed by atoms with Crippen LogP contribution in [0.4, 0.5) is 5.69 Å². The fourth-order valence-corrected chi connectivity index (χ4v) is 3.25. The molecule has 1 rings (SSSR count). The Hall–Kier alpha value is -1.11. The highest BCUT2D eigenvalue weighted by molar-refractivity contribution is 7.89. The van der Waals surface area contributed by atoms with Crippen molar-refractivity contribution >= 4 is 15.7 Å². The SMILES string of the molecule is CCCC(O)CNS(=O)(=O)c1cc(N)ccc1CC. The molecule has 0 aromatic heterocycles. The first-order valence-electron chi connectivity index (χ1n) is 6.46. The summed E-state index contributed by atoms with van der Waals surface area (Å²) in [6, 6.07) is 4.85. The van der Waals surface area contributed by atoms with Crippen LogP contribution in [0.3, 0.4) is 0 Å². The molecule has 1 aromatic carbocycles. The molecule has 6 heteroatoms. The quantitative estimate of drug-likeness (QED) is 0.658. The zero-order valence-corrected chi connectivity index (χ0v) is 12.2. The lowest BCUT2D eigenvalue weighted by molar-refractivity contribution is 0.167. The summed E-state index contributed by atoms with van der Waals surface area (Å²) in [5, 5.41) is 9.59. The van der Waals surface area contributed by atoms with Crippen LogP contribution in [0.25, 0.3) is 0 Å². The number of aliphatic hydroxyl groups is 1. The molecule has 0 amide bonds. The minimum Gasteiger partial charge on any atom is -0.399 e. The summed E-state index contributed by atoms with van der Waals surface area (Å²) < 4.78 is 26.8. The van der Waals surface area contributed by atoms with E-state index in [-0.39, 0.29) is 11.4 Å². The van der Waals surface area contributed by atoms with Crippen LogP contribution in [0.5, 0.6) is 0 Å². The second-order valence-electron chi connectivity index (χ2n) is 4.52. The minimum atomic E-state index is -3.63. The van der Waals surface area contributed by atoms with E-state index in [9.17, 15) is 13.5 Å². The maximum absolute atomic E-state index is 12.2. The van der Waals surface area contributed by atoms with Crippen LogP contribution in [0.2, 0.25) is 0 Å². The Morgan fingerprint density at radius 1 is 1.37 bits per heavy atom. The lowest BCUT2D eigenvalue weighted by Gasteiger charge is -2.14. The average molecular weight is 286 g/mol. The van der Waals surface area contributed by atoms with Gasteiger partial charge in [0, 0.05) is 12.2 Å². The summed E-state index contributed by atoms with van der Waals surface area (Å²) in [4.78, 5) is 0.193. The fourth-order valence-electron chi connectivity index (χ4n) is 1.83.